The number of carbonyl (C=O) groups excluding carboxylic acids is 2. The second-order valence-electron chi connectivity index (χ2n) is 5.69. The number of amides is 2. The van der Waals surface area contributed by atoms with Crippen LogP contribution in [-0.2, 0) is 14.3 Å². The average Bonchev–Trinajstić information content (AvgIpc) is 2.91. The first-order valence-corrected chi connectivity index (χ1v) is 7.80. The molecule has 1 fully saturated rings. The molecule has 0 bridgehead atoms. The fraction of sp³-hybridized carbons (Fsp3) is 0.263. The maximum Gasteiger partial charge on any atom is 0.417 e. The van der Waals surface area contributed by atoms with Gasteiger partial charge >= 0.3 is 6.09 Å². The maximum atomic E-state index is 12.9. The smallest absolute Gasteiger partial charge is 0.417 e. The Bertz CT molecular complexity index is 717. The molecular formula is C19H19NO4. The van der Waals surface area contributed by atoms with Gasteiger partial charge < -0.3 is 9.47 Å². The van der Waals surface area contributed by atoms with Crippen molar-refractivity contribution >= 4 is 12.0 Å². The summed E-state index contributed by atoms with van der Waals surface area (Å²) in [6.07, 6.45) is -1.95. The van der Waals surface area contributed by atoms with Gasteiger partial charge in [-0.1, -0.05) is 60.7 Å². The zero-order valence-corrected chi connectivity index (χ0v) is 13.6. The molecule has 5 heteroatoms. The standard InChI is InChI=1S/C19H19NO4/c1-13-16(14-9-5-3-6-10-14)24-19(22)20(13)18(21)17(23-2)15-11-7-4-8-12-15/h3-13,16-17H,1-2H3/t13-,16+,17?/m0/s1. The number of hydrogen-bond acceptors (Lipinski definition) is 4. The van der Waals surface area contributed by atoms with E-state index in [9.17, 15) is 9.59 Å². The largest absolute Gasteiger partial charge is 0.439 e. The van der Waals surface area contributed by atoms with Crippen LogP contribution >= 0.6 is 0 Å². The third-order valence-corrected chi connectivity index (χ3v) is 4.20. The molecule has 2 aromatic carbocycles. The van der Waals surface area contributed by atoms with E-state index in [0.717, 1.165) is 10.5 Å². The Balaban J connectivity index is 1.86. The third kappa shape index (κ3) is 2.90. The minimum absolute atomic E-state index is 0.409. The first-order chi connectivity index (χ1) is 11.6. The monoisotopic (exact) mass is 325 g/mol. The van der Waals surface area contributed by atoms with Crippen molar-refractivity contribution in [3.63, 3.8) is 0 Å². The number of rotatable bonds is 4. The van der Waals surface area contributed by atoms with Gasteiger partial charge in [0.05, 0.1) is 6.04 Å². The fourth-order valence-corrected chi connectivity index (χ4v) is 2.98. The summed E-state index contributed by atoms with van der Waals surface area (Å²) in [6.45, 7) is 1.80. The quantitative estimate of drug-likeness (QED) is 0.863. The number of methoxy groups -OCH3 is 1. The number of benzene rings is 2. The minimum atomic E-state index is -0.837. The molecule has 0 aliphatic carbocycles. The molecule has 1 unspecified atom stereocenters. The molecule has 124 valence electrons. The van der Waals surface area contributed by atoms with Crippen molar-refractivity contribution in [3.8, 4) is 0 Å². The van der Waals surface area contributed by atoms with Gasteiger partial charge in [-0.25, -0.2) is 9.69 Å². The van der Waals surface area contributed by atoms with Gasteiger partial charge in [0.25, 0.3) is 5.91 Å². The molecule has 1 aliphatic heterocycles. The molecule has 24 heavy (non-hydrogen) atoms. The fourth-order valence-electron chi connectivity index (χ4n) is 2.98. The number of ether oxygens (including phenoxy) is 2. The van der Waals surface area contributed by atoms with Gasteiger partial charge in [-0.15, -0.1) is 0 Å². The Morgan fingerprint density at radius 2 is 1.67 bits per heavy atom. The highest BCUT2D eigenvalue weighted by Gasteiger charge is 2.45. The molecular weight excluding hydrogens is 306 g/mol. The van der Waals surface area contributed by atoms with Crippen LogP contribution in [0.15, 0.2) is 60.7 Å². The first-order valence-electron chi connectivity index (χ1n) is 7.80. The third-order valence-electron chi connectivity index (χ3n) is 4.20. The van der Waals surface area contributed by atoms with E-state index < -0.39 is 30.3 Å². The molecule has 1 saturated heterocycles. The number of nitrogens with zero attached hydrogens (tertiary/aromatic N) is 1. The van der Waals surface area contributed by atoms with Gasteiger partial charge in [0.1, 0.15) is 6.10 Å². The first kappa shape index (κ1) is 16.2. The van der Waals surface area contributed by atoms with Crippen molar-refractivity contribution in [3.05, 3.63) is 71.8 Å². The van der Waals surface area contributed by atoms with Crippen LogP contribution in [0.5, 0.6) is 0 Å². The van der Waals surface area contributed by atoms with E-state index in [1.165, 1.54) is 7.11 Å². The van der Waals surface area contributed by atoms with Crippen molar-refractivity contribution in [2.24, 2.45) is 0 Å². The Hall–Kier alpha value is -2.66. The summed E-state index contributed by atoms with van der Waals surface area (Å²) in [5, 5.41) is 0. The molecule has 0 saturated carbocycles. The van der Waals surface area contributed by atoms with Crippen molar-refractivity contribution in [2.45, 2.75) is 25.2 Å². The van der Waals surface area contributed by atoms with Crippen molar-refractivity contribution in [1.82, 2.24) is 4.90 Å². The van der Waals surface area contributed by atoms with Crippen LogP contribution in [0.4, 0.5) is 4.79 Å². The predicted molar refractivity (Wildman–Crippen MR) is 88.2 cm³/mol. The van der Waals surface area contributed by atoms with Crippen LogP contribution < -0.4 is 0 Å². The van der Waals surface area contributed by atoms with Crippen molar-refractivity contribution in [1.29, 1.82) is 0 Å². The molecule has 1 heterocycles. The number of hydrogen-bond donors (Lipinski definition) is 0. The molecule has 3 atom stereocenters. The summed E-state index contributed by atoms with van der Waals surface area (Å²) in [6, 6.07) is 18.1. The van der Waals surface area contributed by atoms with Gasteiger partial charge in [0.2, 0.25) is 0 Å². The van der Waals surface area contributed by atoms with Gasteiger partial charge in [-0.3, -0.25) is 4.79 Å². The second kappa shape index (κ2) is 6.84. The zero-order chi connectivity index (χ0) is 17.1. The summed E-state index contributed by atoms with van der Waals surface area (Å²) in [5.74, 6) is -0.417. The van der Waals surface area contributed by atoms with E-state index in [-0.39, 0.29) is 0 Å². The average molecular weight is 325 g/mol. The van der Waals surface area contributed by atoms with Crippen LogP contribution in [0.3, 0.4) is 0 Å². The number of imide groups is 1. The highest BCUT2D eigenvalue weighted by molar-refractivity contribution is 5.96. The van der Waals surface area contributed by atoms with Crippen LogP contribution in [0.1, 0.15) is 30.3 Å². The van der Waals surface area contributed by atoms with Crippen molar-refractivity contribution in [2.75, 3.05) is 7.11 Å². The lowest BCUT2D eigenvalue weighted by atomic mass is 10.0. The van der Waals surface area contributed by atoms with Crippen molar-refractivity contribution < 1.29 is 19.1 Å². The molecule has 0 aromatic heterocycles. The SMILES string of the molecule is COC(C(=O)N1C(=O)O[C@@H](c2ccccc2)[C@@H]1C)c1ccccc1. The molecule has 1 aliphatic rings. The van der Waals surface area contributed by atoms with Gasteiger partial charge in [-0.05, 0) is 18.1 Å². The van der Waals surface area contributed by atoms with E-state index in [1.54, 1.807) is 19.1 Å². The highest BCUT2D eigenvalue weighted by atomic mass is 16.6. The Labute approximate surface area is 140 Å². The molecule has 2 amide bonds. The van der Waals surface area contributed by atoms with Crippen LogP contribution in [0.25, 0.3) is 0 Å². The summed E-state index contributed by atoms with van der Waals surface area (Å²) < 4.78 is 10.8. The summed E-state index contributed by atoms with van der Waals surface area (Å²) >= 11 is 0. The maximum absolute atomic E-state index is 12.9. The van der Waals surface area contributed by atoms with E-state index in [4.69, 9.17) is 9.47 Å². The molecule has 3 rings (SSSR count). The van der Waals surface area contributed by atoms with Crippen LogP contribution in [0, 0.1) is 0 Å². The Kier molecular flexibility index (Phi) is 4.62. The summed E-state index contributed by atoms with van der Waals surface area (Å²) in [4.78, 5) is 26.3. The molecule has 0 N–H and O–H groups in total. The summed E-state index contributed by atoms with van der Waals surface area (Å²) in [7, 11) is 1.45. The van der Waals surface area contributed by atoms with Gasteiger partial charge in [0, 0.05) is 7.11 Å². The number of carbonyl (C=O) groups is 2. The van der Waals surface area contributed by atoms with E-state index in [2.05, 4.69) is 0 Å². The van der Waals surface area contributed by atoms with Crippen LogP contribution in [-0.4, -0.2) is 30.1 Å². The topological polar surface area (TPSA) is 55.8 Å². The minimum Gasteiger partial charge on any atom is -0.439 e. The zero-order valence-electron chi connectivity index (χ0n) is 13.6. The lowest BCUT2D eigenvalue weighted by Gasteiger charge is -2.23. The van der Waals surface area contributed by atoms with E-state index in [0.29, 0.717) is 5.56 Å². The van der Waals surface area contributed by atoms with Crippen LogP contribution in [0.2, 0.25) is 0 Å². The summed E-state index contributed by atoms with van der Waals surface area (Å²) in [5.41, 5.74) is 1.57. The molecule has 2 aromatic rings. The normalized spacial score (nSPS) is 21.4. The molecule has 5 nitrogen and oxygen atoms in total. The molecule has 0 spiro atoms. The lowest BCUT2D eigenvalue weighted by molar-refractivity contribution is -0.140. The second-order valence-corrected chi connectivity index (χ2v) is 5.69. The van der Waals surface area contributed by atoms with Gasteiger partial charge in [0.15, 0.2) is 6.10 Å². The lowest BCUT2D eigenvalue weighted by Crippen LogP contribution is -2.41. The van der Waals surface area contributed by atoms with E-state index >= 15 is 0 Å². The Morgan fingerprint density at radius 1 is 1.08 bits per heavy atom. The number of cyclic esters (lactones) is 1. The van der Waals surface area contributed by atoms with Gasteiger partial charge in [-0.2, -0.15) is 0 Å². The highest BCUT2D eigenvalue weighted by Crippen LogP contribution is 2.34. The Morgan fingerprint density at radius 3 is 2.25 bits per heavy atom. The van der Waals surface area contributed by atoms with E-state index in [1.807, 2.05) is 48.5 Å². The molecule has 0 radical (unpaired) electrons. The predicted octanol–water partition coefficient (Wildman–Crippen LogP) is 3.48.